The van der Waals surface area contributed by atoms with E-state index in [1.165, 1.54) is 0 Å². The van der Waals surface area contributed by atoms with Crippen LogP contribution in [0, 0.1) is 6.92 Å². The standard InChI is InChI=1S/C13H13Cl2N3O2/c1-3-10(12-16-7(2)20-18-12)17-13(19)8-5-4-6-9(14)11(8)15/h4-6,10H,3H2,1-2H3,(H,17,19)/t10-/m1/s1. The number of hydrogen-bond donors (Lipinski definition) is 1. The van der Waals surface area contributed by atoms with Crippen LogP contribution in [0.2, 0.25) is 10.0 Å². The summed E-state index contributed by atoms with van der Waals surface area (Å²) in [7, 11) is 0. The predicted octanol–water partition coefficient (Wildman–Crippen LogP) is 3.57. The minimum Gasteiger partial charge on any atom is -0.342 e. The Hall–Kier alpha value is -1.59. The number of amides is 1. The third kappa shape index (κ3) is 3.11. The van der Waals surface area contributed by atoms with Crippen LogP contribution in [0.25, 0.3) is 0 Å². The number of carbonyl (C=O) groups is 1. The zero-order valence-corrected chi connectivity index (χ0v) is 12.5. The van der Waals surface area contributed by atoms with Gasteiger partial charge in [-0.05, 0) is 18.6 Å². The van der Waals surface area contributed by atoms with Gasteiger partial charge in [0.05, 0.1) is 21.7 Å². The topological polar surface area (TPSA) is 68.0 Å². The van der Waals surface area contributed by atoms with E-state index in [0.29, 0.717) is 28.7 Å². The molecule has 1 amide bonds. The van der Waals surface area contributed by atoms with Gasteiger partial charge in [-0.25, -0.2) is 0 Å². The Bertz CT molecular complexity index is 628. The highest BCUT2D eigenvalue weighted by molar-refractivity contribution is 6.43. The van der Waals surface area contributed by atoms with Gasteiger partial charge in [-0.1, -0.05) is 41.3 Å². The van der Waals surface area contributed by atoms with Crippen molar-refractivity contribution in [3.63, 3.8) is 0 Å². The SMILES string of the molecule is CC[C@@H](NC(=O)c1cccc(Cl)c1Cl)c1noc(C)n1. The van der Waals surface area contributed by atoms with Crippen LogP contribution >= 0.6 is 23.2 Å². The van der Waals surface area contributed by atoms with Crippen molar-refractivity contribution in [1.29, 1.82) is 0 Å². The molecule has 0 unspecified atom stereocenters. The molecule has 0 spiro atoms. The maximum atomic E-state index is 12.2. The van der Waals surface area contributed by atoms with Crippen LogP contribution in [-0.2, 0) is 0 Å². The zero-order chi connectivity index (χ0) is 14.7. The quantitative estimate of drug-likeness (QED) is 0.937. The third-order valence-electron chi connectivity index (χ3n) is 2.76. The van der Waals surface area contributed by atoms with Crippen LogP contribution in [0.3, 0.4) is 0 Å². The third-order valence-corrected chi connectivity index (χ3v) is 3.58. The average molecular weight is 314 g/mol. The molecule has 1 N–H and O–H groups in total. The first-order chi connectivity index (χ1) is 9.52. The highest BCUT2D eigenvalue weighted by atomic mass is 35.5. The van der Waals surface area contributed by atoms with Crippen LogP contribution in [0.1, 0.15) is 41.5 Å². The minimum atomic E-state index is -0.338. The van der Waals surface area contributed by atoms with Crippen molar-refractivity contribution < 1.29 is 9.32 Å². The van der Waals surface area contributed by atoms with E-state index < -0.39 is 0 Å². The summed E-state index contributed by atoms with van der Waals surface area (Å²) in [5, 5.41) is 7.19. The zero-order valence-electron chi connectivity index (χ0n) is 11.0. The Balaban J connectivity index is 2.19. The number of benzene rings is 1. The van der Waals surface area contributed by atoms with Gasteiger partial charge in [0, 0.05) is 6.92 Å². The molecule has 0 fully saturated rings. The highest BCUT2D eigenvalue weighted by Gasteiger charge is 2.20. The van der Waals surface area contributed by atoms with E-state index in [1.807, 2.05) is 6.92 Å². The van der Waals surface area contributed by atoms with E-state index in [0.717, 1.165) is 0 Å². The Morgan fingerprint density at radius 2 is 2.20 bits per heavy atom. The summed E-state index contributed by atoms with van der Waals surface area (Å²) in [6, 6.07) is 4.57. The first kappa shape index (κ1) is 14.8. The van der Waals surface area contributed by atoms with E-state index >= 15 is 0 Å². The minimum absolute atomic E-state index is 0.228. The number of carbonyl (C=O) groups excluding carboxylic acids is 1. The monoisotopic (exact) mass is 313 g/mol. The van der Waals surface area contributed by atoms with E-state index in [2.05, 4.69) is 15.5 Å². The summed E-state index contributed by atoms with van der Waals surface area (Å²) in [5.74, 6) is 0.566. The summed E-state index contributed by atoms with van der Waals surface area (Å²) in [5.41, 5.74) is 0.317. The van der Waals surface area contributed by atoms with Crippen molar-refractivity contribution in [2.75, 3.05) is 0 Å². The lowest BCUT2D eigenvalue weighted by Gasteiger charge is -2.14. The summed E-state index contributed by atoms with van der Waals surface area (Å²) in [6.07, 6.45) is 0.628. The summed E-state index contributed by atoms with van der Waals surface area (Å²) in [4.78, 5) is 16.3. The summed E-state index contributed by atoms with van der Waals surface area (Å²) < 4.78 is 4.92. The van der Waals surface area contributed by atoms with Gasteiger partial charge in [0.25, 0.3) is 5.91 Å². The second-order valence-electron chi connectivity index (χ2n) is 4.21. The van der Waals surface area contributed by atoms with Gasteiger partial charge in [-0.15, -0.1) is 0 Å². The predicted molar refractivity (Wildman–Crippen MR) is 76.0 cm³/mol. The van der Waals surface area contributed by atoms with Crippen LogP contribution in [0.5, 0.6) is 0 Å². The average Bonchev–Trinajstić information content (AvgIpc) is 2.85. The van der Waals surface area contributed by atoms with Crippen molar-refractivity contribution in [2.24, 2.45) is 0 Å². The molecular formula is C13H13Cl2N3O2. The molecule has 2 rings (SSSR count). The molecule has 0 aliphatic rings. The first-order valence-electron chi connectivity index (χ1n) is 6.08. The molecule has 1 aromatic carbocycles. The van der Waals surface area contributed by atoms with Gasteiger partial charge >= 0.3 is 0 Å². The Kier molecular flexibility index (Phi) is 4.62. The molecule has 0 bridgehead atoms. The largest absolute Gasteiger partial charge is 0.342 e. The van der Waals surface area contributed by atoms with Gasteiger partial charge in [-0.3, -0.25) is 4.79 Å². The van der Waals surface area contributed by atoms with Crippen molar-refractivity contribution in [2.45, 2.75) is 26.3 Å². The molecular weight excluding hydrogens is 301 g/mol. The van der Waals surface area contributed by atoms with Gasteiger partial charge in [-0.2, -0.15) is 4.98 Å². The number of halogens is 2. The van der Waals surface area contributed by atoms with Crippen LogP contribution in [-0.4, -0.2) is 16.0 Å². The summed E-state index contributed by atoms with van der Waals surface area (Å²) >= 11 is 11.9. The smallest absolute Gasteiger partial charge is 0.253 e. The van der Waals surface area contributed by atoms with Gasteiger partial charge < -0.3 is 9.84 Å². The number of nitrogens with one attached hydrogen (secondary N) is 1. The van der Waals surface area contributed by atoms with E-state index in [1.54, 1.807) is 25.1 Å². The molecule has 0 aliphatic carbocycles. The maximum absolute atomic E-state index is 12.2. The van der Waals surface area contributed by atoms with E-state index in [4.69, 9.17) is 27.7 Å². The molecule has 7 heteroatoms. The molecule has 0 saturated carbocycles. The van der Waals surface area contributed by atoms with Gasteiger partial charge in [0.2, 0.25) is 5.89 Å². The lowest BCUT2D eigenvalue weighted by atomic mass is 10.1. The normalized spacial score (nSPS) is 12.2. The molecule has 5 nitrogen and oxygen atoms in total. The second-order valence-corrected chi connectivity index (χ2v) is 4.99. The lowest BCUT2D eigenvalue weighted by molar-refractivity contribution is 0.0933. The highest BCUT2D eigenvalue weighted by Crippen LogP contribution is 2.26. The molecule has 1 heterocycles. The Morgan fingerprint density at radius 1 is 1.45 bits per heavy atom. The van der Waals surface area contributed by atoms with Crippen molar-refractivity contribution in [3.05, 3.63) is 45.5 Å². The van der Waals surface area contributed by atoms with Crippen LogP contribution in [0.15, 0.2) is 22.7 Å². The van der Waals surface area contributed by atoms with Gasteiger partial charge in [0.1, 0.15) is 0 Å². The second kappa shape index (κ2) is 6.24. The van der Waals surface area contributed by atoms with Crippen LogP contribution in [0.4, 0.5) is 0 Å². The fourth-order valence-corrected chi connectivity index (χ4v) is 2.11. The van der Waals surface area contributed by atoms with E-state index in [9.17, 15) is 4.79 Å². The maximum Gasteiger partial charge on any atom is 0.253 e. The molecule has 106 valence electrons. The van der Waals surface area contributed by atoms with Crippen molar-refractivity contribution in [1.82, 2.24) is 15.5 Å². The van der Waals surface area contributed by atoms with Gasteiger partial charge in [0.15, 0.2) is 5.82 Å². The molecule has 1 atom stereocenters. The van der Waals surface area contributed by atoms with E-state index in [-0.39, 0.29) is 17.0 Å². The molecule has 0 radical (unpaired) electrons. The lowest BCUT2D eigenvalue weighted by Crippen LogP contribution is -2.29. The Morgan fingerprint density at radius 3 is 2.80 bits per heavy atom. The molecule has 2 aromatic rings. The molecule has 0 aliphatic heterocycles. The number of rotatable bonds is 4. The number of aromatic nitrogens is 2. The van der Waals surface area contributed by atoms with Crippen LogP contribution < -0.4 is 5.32 Å². The van der Waals surface area contributed by atoms with Crippen molar-refractivity contribution >= 4 is 29.1 Å². The van der Waals surface area contributed by atoms with Crippen molar-refractivity contribution in [3.8, 4) is 0 Å². The molecule has 1 aromatic heterocycles. The number of aryl methyl sites for hydroxylation is 1. The fourth-order valence-electron chi connectivity index (χ4n) is 1.72. The summed E-state index contributed by atoms with van der Waals surface area (Å²) in [6.45, 7) is 3.61. The first-order valence-corrected chi connectivity index (χ1v) is 6.83. The Labute approximate surface area is 126 Å². The molecule has 0 saturated heterocycles. The fraction of sp³-hybridized carbons (Fsp3) is 0.308. The number of nitrogens with zero attached hydrogens (tertiary/aromatic N) is 2. The number of hydrogen-bond acceptors (Lipinski definition) is 4. The molecule has 20 heavy (non-hydrogen) atoms.